The molecule has 0 aliphatic heterocycles. The highest BCUT2D eigenvalue weighted by Gasteiger charge is 2.39. The molecule has 1 atom stereocenters. The van der Waals surface area contributed by atoms with Crippen LogP contribution < -0.4 is 0 Å². The summed E-state index contributed by atoms with van der Waals surface area (Å²) in [5, 5.41) is 9.26. The molecule has 106 valence electrons. The maximum atomic E-state index is 13.1. The Labute approximate surface area is 117 Å². The third-order valence-electron chi connectivity index (χ3n) is 3.91. The van der Waals surface area contributed by atoms with Gasteiger partial charge in [0.25, 0.3) is 0 Å². The van der Waals surface area contributed by atoms with Crippen molar-refractivity contribution < 1.29 is 13.6 Å². The Balaban J connectivity index is 2.13. The van der Waals surface area contributed by atoms with Gasteiger partial charge >= 0.3 is 0 Å². The highest BCUT2D eigenvalue weighted by Crippen LogP contribution is 2.38. The first-order valence-electron chi connectivity index (χ1n) is 6.81. The maximum Gasteiger partial charge on any atom is 0.248 e. The summed E-state index contributed by atoms with van der Waals surface area (Å²) in [7, 11) is 0. The first-order chi connectivity index (χ1) is 9.43. The Morgan fingerprint density at radius 2 is 2.05 bits per heavy atom. The molecule has 20 heavy (non-hydrogen) atoms. The summed E-state index contributed by atoms with van der Waals surface area (Å²) in [5.41, 5.74) is 1.64. The van der Waals surface area contributed by atoms with Gasteiger partial charge in [0, 0.05) is 18.8 Å². The summed E-state index contributed by atoms with van der Waals surface area (Å²) in [5.74, 6) is -4.12. The van der Waals surface area contributed by atoms with Gasteiger partial charge in [0.05, 0.1) is 6.07 Å². The van der Waals surface area contributed by atoms with Crippen LogP contribution in [0, 0.1) is 24.2 Å². The summed E-state index contributed by atoms with van der Waals surface area (Å²) >= 11 is 0. The third kappa shape index (κ3) is 3.22. The van der Waals surface area contributed by atoms with Crippen molar-refractivity contribution >= 4 is 5.78 Å². The van der Waals surface area contributed by atoms with Crippen LogP contribution in [-0.4, -0.2) is 11.7 Å². The molecular weight excluding hydrogens is 260 g/mol. The number of hydrogen-bond donors (Lipinski definition) is 0. The van der Waals surface area contributed by atoms with E-state index in [2.05, 4.69) is 0 Å². The van der Waals surface area contributed by atoms with Crippen molar-refractivity contribution in [1.82, 2.24) is 0 Å². The number of alkyl halides is 2. The molecule has 1 fully saturated rings. The van der Waals surface area contributed by atoms with Gasteiger partial charge in [0.1, 0.15) is 5.92 Å². The van der Waals surface area contributed by atoms with Crippen molar-refractivity contribution in [2.24, 2.45) is 5.92 Å². The summed E-state index contributed by atoms with van der Waals surface area (Å²) in [6.45, 7) is 1.89. The van der Waals surface area contributed by atoms with E-state index in [4.69, 9.17) is 0 Å². The van der Waals surface area contributed by atoms with Gasteiger partial charge < -0.3 is 0 Å². The lowest BCUT2D eigenvalue weighted by atomic mass is 9.78. The van der Waals surface area contributed by atoms with E-state index in [1.807, 2.05) is 25.1 Å². The zero-order chi connectivity index (χ0) is 14.8. The molecule has 1 aliphatic carbocycles. The monoisotopic (exact) mass is 277 g/mol. The lowest BCUT2D eigenvalue weighted by Gasteiger charge is -2.28. The van der Waals surface area contributed by atoms with E-state index in [0.717, 1.165) is 5.56 Å². The largest absolute Gasteiger partial charge is 0.298 e. The predicted molar refractivity (Wildman–Crippen MR) is 71.4 cm³/mol. The topological polar surface area (TPSA) is 40.9 Å². The summed E-state index contributed by atoms with van der Waals surface area (Å²) in [6.07, 6.45) is -0.156. The van der Waals surface area contributed by atoms with Crippen LogP contribution in [0.1, 0.15) is 42.7 Å². The molecule has 0 aromatic heterocycles. The molecule has 1 aromatic rings. The predicted octanol–water partition coefficient (Wildman–Crippen LogP) is 4.00. The van der Waals surface area contributed by atoms with Crippen molar-refractivity contribution in [2.45, 2.75) is 44.4 Å². The normalized spacial score (nSPS) is 20.1. The van der Waals surface area contributed by atoms with Crippen LogP contribution in [0.2, 0.25) is 0 Å². The van der Waals surface area contributed by atoms with E-state index >= 15 is 0 Å². The number of nitriles is 1. The standard InChI is InChI=1S/C16H17F2NO/c1-11-3-2-4-13(9-11)14(10-19)15(20)12-5-7-16(17,18)8-6-12/h2-4,9,12,14H,5-8H2,1H3. The third-order valence-corrected chi connectivity index (χ3v) is 3.91. The van der Waals surface area contributed by atoms with E-state index in [1.165, 1.54) is 0 Å². The molecule has 0 heterocycles. The number of halogens is 2. The fourth-order valence-corrected chi connectivity index (χ4v) is 2.71. The molecule has 4 heteroatoms. The second kappa shape index (κ2) is 5.70. The Hall–Kier alpha value is -1.76. The molecule has 0 saturated heterocycles. The number of carbonyl (C=O) groups excluding carboxylic acids is 1. The Bertz CT molecular complexity index is 538. The minimum absolute atomic E-state index is 0.176. The second-order valence-corrected chi connectivity index (χ2v) is 5.51. The fraction of sp³-hybridized carbons (Fsp3) is 0.500. The fourth-order valence-electron chi connectivity index (χ4n) is 2.71. The van der Waals surface area contributed by atoms with Crippen LogP contribution in [0.15, 0.2) is 24.3 Å². The first kappa shape index (κ1) is 14.6. The average Bonchev–Trinajstić information content (AvgIpc) is 2.39. The van der Waals surface area contributed by atoms with Gasteiger partial charge in [-0.25, -0.2) is 8.78 Å². The Morgan fingerprint density at radius 1 is 1.40 bits per heavy atom. The first-order valence-corrected chi connectivity index (χ1v) is 6.81. The van der Waals surface area contributed by atoms with E-state index in [-0.39, 0.29) is 31.5 Å². The molecule has 1 aliphatic rings. The molecule has 1 unspecified atom stereocenters. The summed E-state index contributed by atoms with van der Waals surface area (Å²) in [4.78, 5) is 12.4. The highest BCUT2D eigenvalue weighted by atomic mass is 19.3. The van der Waals surface area contributed by atoms with E-state index < -0.39 is 17.8 Å². The van der Waals surface area contributed by atoms with Crippen LogP contribution in [-0.2, 0) is 4.79 Å². The Morgan fingerprint density at radius 3 is 2.60 bits per heavy atom. The van der Waals surface area contributed by atoms with Crippen molar-refractivity contribution in [3.63, 3.8) is 0 Å². The van der Waals surface area contributed by atoms with Crippen molar-refractivity contribution in [3.05, 3.63) is 35.4 Å². The minimum Gasteiger partial charge on any atom is -0.298 e. The quantitative estimate of drug-likeness (QED) is 0.838. The van der Waals surface area contributed by atoms with Crippen LogP contribution in [0.25, 0.3) is 0 Å². The summed E-state index contributed by atoms with van der Waals surface area (Å²) in [6, 6.07) is 9.28. The smallest absolute Gasteiger partial charge is 0.248 e. The number of rotatable bonds is 3. The molecular formula is C16H17F2NO. The van der Waals surface area contributed by atoms with Gasteiger partial charge in [-0.2, -0.15) is 5.26 Å². The number of Topliss-reactive ketones (excluding diaryl/α,β-unsaturated/α-hetero) is 1. The highest BCUT2D eigenvalue weighted by molar-refractivity contribution is 5.90. The van der Waals surface area contributed by atoms with Gasteiger partial charge in [-0.15, -0.1) is 0 Å². The molecule has 1 aromatic carbocycles. The van der Waals surface area contributed by atoms with Gasteiger partial charge in [-0.1, -0.05) is 29.8 Å². The van der Waals surface area contributed by atoms with Crippen LogP contribution >= 0.6 is 0 Å². The molecule has 1 saturated carbocycles. The van der Waals surface area contributed by atoms with Crippen molar-refractivity contribution in [1.29, 1.82) is 5.26 Å². The van der Waals surface area contributed by atoms with Crippen molar-refractivity contribution in [3.8, 4) is 6.07 Å². The molecule has 0 radical (unpaired) electrons. The molecule has 0 bridgehead atoms. The number of nitrogens with zero attached hydrogens (tertiary/aromatic N) is 1. The van der Waals surface area contributed by atoms with Gasteiger partial charge in [-0.05, 0) is 25.3 Å². The van der Waals surface area contributed by atoms with Gasteiger partial charge in [0.15, 0.2) is 5.78 Å². The average molecular weight is 277 g/mol. The zero-order valence-electron chi connectivity index (χ0n) is 11.4. The lowest BCUT2D eigenvalue weighted by molar-refractivity contribution is -0.127. The van der Waals surface area contributed by atoms with Gasteiger partial charge in [-0.3, -0.25) is 4.79 Å². The zero-order valence-corrected chi connectivity index (χ0v) is 11.4. The molecule has 0 N–H and O–H groups in total. The number of ketones is 1. The molecule has 0 amide bonds. The Kier molecular flexibility index (Phi) is 4.17. The minimum atomic E-state index is -2.65. The second-order valence-electron chi connectivity index (χ2n) is 5.51. The molecule has 2 nitrogen and oxygen atoms in total. The summed E-state index contributed by atoms with van der Waals surface area (Å²) < 4.78 is 26.2. The number of hydrogen-bond acceptors (Lipinski definition) is 2. The number of carbonyl (C=O) groups is 1. The van der Waals surface area contributed by atoms with Crippen LogP contribution in [0.3, 0.4) is 0 Å². The van der Waals surface area contributed by atoms with Gasteiger partial charge in [0.2, 0.25) is 5.92 Å². The number of aryl methyl sites for hydroxylation is 1. The van der Waals surface area contributed by atoms with E-state index in [0.29, 0.717) is 5.56 Å². The van der Waals surface area contributed by atoms with Crippen molar-refractivity contribution in [2.75, 3.05) is 0 Å². The molecule has 2 rings (SSSR count). The van der Waals surface area contributed by atoms with E-state index in [1.54, 1.807) is 12.1 Å². The number of benzene rings is 1. The lowest BCUT2D eigenvalue weighted by Crippen LogP contribution is -2.31. The maximum absolute atomic E-state index is 13.1. The SMILES string of the molecule is Cc1cccc(C(C#N)C(=O)C2CCC(F)(F)CC2)c1. The van der Waals surface area contributed by atoms with Crippen LogP contribution in [0.4, 0.5) is 8.78 Å². The molecule has 0 spiro atoms. The van der Waals surface area contributed by atoms with Crippen LogP contribution in [0.5, 0.6) is 0 Å². The van der Waals surface area contributed by atoms with E-state index in [9.17, 15) is 18.8 Å².